The Morgan fingerprint density at radius 3 is 2.57 bits per heavy atom. The minimum Gasteiger partial charge on any atom is -0.479 e. The summed E-state index contributed by atoms with van der Waals surface area (Å²) in [5, 5.41) is 9.16. The molecule has 0 saturated heterocycles. The number of nitrogens with zero attached hydrogens (tertiary/aromatic N) is 2. The third-order valence-corrected chi connectivity index (χ3v) is 3.66. The largest absolute Gasteiger partial charge is 0.479 e. The minimum absolute atomic E-state index is 0.154. The molecule has 118 valence electrons. The lowest BCUT2D eigenvalue weighted by atomic mass is 10.2. The van der Waals surface area contributed by atoms with Gasteiger partial charge in [0.25, 0.3) is 5.91 Å². The molecule has 0 bridgehead atoms. The molecule has 0 aliphatic heterocycles. The van der Waals surface area contributed by atoms with Gasteiger partial charge in [-0.25, -0.2) is 0 Å². The average molecular weight is 329 g/mol. The number of anilines is 1. The molecule has 5 heteroatoms. The third-order valence-electron chi connectivity index (χ3n) is 3.36. The fourth-order valence-corrected chi connectivity index (χ4v) is 2.42. The molecule has 0 unspecified atom stereocenters. The first-order valence-electron chi connectivity index (χ1n) is 7.29. The Hall–Kier alpha value is -2.51. The Morgan fingerprint density at radius 2 is 2.00 bits per heavy atom. The number of hydrogen-bond donors (Lipinski definition) is 0. The molecule has 2 rings (SSSR count). The summed E-state index contributed by atoms with van der Waals surface area (Å²) >= 11 is 6.09. The van der Waals surface area contributed by atoms with Crippen LogP contribution in [0.25, 0.3) is 0 Å². The lowest BCUT2D eigenvalue weighted by molar-refractivity contribution is -0.124. The normalized spacial score (nSPS) is 11.4. The number of hydrogen-bond acceptors (Lipinski definition) is 3. The highest BCUT2D eigenvalue weighted by Gasteiger charge is 2.23. The average Bonchev–Trinajstić information content (AvgIpc) is 2.58. The van der Waals surface area contributed by atoms with Crippen molar-refractivity contribution < 1.29 is 9.53 Å². The van der Waals surface area contributed by atoms with Crippen LogP contribution in [0.4, 0.5) is 5.69 Å². The maximum Gasteiger partial charge on any atom is 0.267 e. The highest BCUT2D eigenvalue weighted by molar-refractivity contribution is 6.32. The lowest BCUT2D eigenvalue weighted by Gasteiger charge is -2.25. The summed E-state index contributed by atoms with van der Waals surface area (Å²) in [7, 11) is 0. The van der Waals surface area contributed by atoms with Crippen LogP contribution < -0.4 is 9.64 Å². The van der Waals surface area contributed by atoms with Gasteiger partial charge in [-0.05, 0) is 44.2 Å². The Morgan fingerprint density at radius 1 is 1.30 bits per heavy atom. The SMILES string of the molecule is CCN(C(=O)[C@H](C)Oc1ccc(C#N)cc1Cl)c1ccccc1. The van der Waals surface area contributed by atoms with Crippen LogP contribution in [0.3, 0.4) is 0 Å². The van der Waals surface area contributed by atoms with E-state index in [-0.39, 0.29) is 5.91 Å². The molecule has 1 atom stereocenters. The van der Waals surface area contributed by atoms with Crippen molar-refractivity contribution in [3.63, 3.8) is 0 Å². The van der Waals surface area contributed by atoms with Crippen LogP contribution in [-0.4, -0.2) is 18.6 Å². The van der Waals surface area contributed by atoms with Crippen molar-refractivity contribution in [2.24, 2.45) is 0 Å². The van der Waals surface area contributed by atoms with Crippen LogP contribution in [0.5, 0.6) is 5.75 Å². The van der Waals surface area contributed by atoms with Gasteiger partial charge in [0.15, 0.2) is 6.10 Å². The van der Waals surface area contributed by atoms with Crippen molar-refractivity contribution >= 4 is 23.2 Å². The number of rotatable bonds is 5. The summed E-state index contributed by atoms with van der Waals surface area (Å²) < 4.78 is 5.68. The first-order chi connectivity index (χ1) is 11.1. The highest BCUT2D eigenvalue weighted by atomic mass is 35.5. The van der Waals surface area contributed by atoms with E-state index in [9.17, 15) is 4.79 Å². The standard InChI is InChI=1S/C18H17ClN2O2/c1-3-21(15-7-5-4-6-8-15)18(22)13(2)23-17-10-9-14(12-20)11-16(17)19/h4-11,13H,3H2,1-2H3/t13-/m0/s1. The fraction of sp³-hybridized carbons (Fsp3) is 0.222. The second-order valence-electron chi connectivity index (χ2n) is 4.94. The topological polar surface area (TPSA) is 53.3 Å². The van der Waals surface area contributed by atoms with Gasteiger partial charge in [-0.3, -0.25) is 4.79 Å². The molecule has 0 N–H and O–H groups in total. The molecular formula is C18H17ClN2O2. The van der Waals surface area contributed by atoms with E-state index in [2.05, 4.69) is 0 Å². The maximum atomic E-state index is 12.6. The van der Waals surface area contributed by atoms with Crippen LogP contribution in [-0.2, 0) is 4.79 Å². The number of benzene rings is 2. The lowest BCUT2D eigenvalue weighted by Crippen LogP contribution is -2.40. The second kappa shape index (κ2) is 7.66. The number of carbonyl (C=O) groups excluding carboxylic acids is 1. The second-order valence-corrected chi connectivity index (χ2v) is 5.34. The van der Waals surface area contributed by atoms with E-state index in [0.717, 1.165) is 5.69 Å². The number of amides is 1. The fourth-order valence-electron chi connectivity index (χ4n) is 2.20. The van der Waals surface area contributed by atoms with Gasteiger partial charge in [-0.1, -0.05) is 29.8 Å². The third kappa shape index (κ3) is 4.02. The van der Waals surface area contributed by atoms with Crippen molar-refractivity contribution in [1.29, 1.82) is 5.26 Å². The van der Waals surface area contributed by atoms with Gasteiger partial charge in [-0.15, -0.1) is 0 Å². The van der Waals surface area contributed by atoms with E-state index in [4.69, 9.17) is 21.6 Å². The number of para-hydroxylation sites is 1. The van der Waals surface area contributed by atoms with E-state index in [1.54, 1.807) is 24.0 Å². The number of likely N-dealkylation sites (N-methyl/N-ethyl adjacent to an activating group) is 1. The summed E-state index contributed by atoms with van der Waals surface area (Å²) in [6, 6.07) is 16.1. The number of carbonyl (C=O) groups is 1. The van der Waals surface area contributed by atoms with Crippen molar-refractivity contribution in [2.75, 3.05) is 11.4 Å². The molecule has 4 nitrogen and oxygen atoms in total. The van der Waals surface area contributed by atoms with E-state index < -0.39 is 6.10 Å². The molecule has 2 aromatic carbocycles. The molecule has 0 aliphatic rings. The van der Waals surface area contributed by atoms with E-state index >= 15 is 0 Å². The van der Waals surface area contributed by atoms with E-state index in [1.807, 2.05) is 43.3 Å². The molecule has 0 aromatic heterocycles. The zero-order chi connectivity index (χ0) is 16.8. The van der Waals surface area contributed by atoms with Gasteiger partial charge >= 0.3 is 0 Å². The smallest absolute Gasteiger partial charge is 0.267 e. The zero-order valence-corrected chi connectivity index (χ0v) is 13.7. The maximum absolute atomic E-state index is 12.6. The Kier molecular flexibility index (Phi) is 5.61. The zero-order valence-electron chi connectivity index (χ0n) is 13.0. The van der Waals surface area contributed by atoms with Gasteiger partial charge in [0.1, 0.15) is 5.75 Å². The van der Waals surface area contributed by atoms with Crippen molar-refractivity contribution in [3.05, 3.63) is 59.1 Å². The predicted molar refractivity (Wildman–Crippen MR) is 90.7 cm³/mol. The number of ether oxygens (including phenoxy) is 1. The minimum atomic E-state index is -0.694. The molecule has 0 fully saturated rings. The highest BCUT2D eigenvalue weighted by Crippen LogP contribution is 2.27. The summed E-state index contributed by atoms with van der Waals surface area (Å²) in [5.74, 6) is 0.231. The van der Waals surface area contributed by atoms with E-state index in [0.29, 0.717) is 22.9 Å². The van der Waals surface area contributed by atoms with Gasteiger partial charge in [-0.2, -0.15) is 5.26 Å². The van der Waals surface area contributed by atoms with Gasteiger partial charge in [0, 0.05) is 12.2 Å². The van der Waals surface area contributed by atoms with Crippen LogP contribution in [0.1, 0.15) is 19.4 Å². The molecule has 0 aliphatic carbocycles. The molecule has 0 saturated carbocycles. The molecule has 1 amide bonds. The van der Waals surface area contributed by atoms with Gasteiger partial charge in [0.05, 0.1) is 16.7 Å². The molecule has 0 radical (unpaired) electrons. The van der Waals surface area contributed by atoms with Gasteiger partial charge in [0.2, 0.25) is 0 Å². The molecule has 23 heavy (non-hydrogen) atoms. The van der Waals surface area contributed by atoms with Crippen LogP contribution in [0.2, 0.25) is 5.02 Å². The monoisotopic (exact) mass is 328 g/mol. The summed E-state index contributed by atoms with van der Waals surface area (Å²) in [4.78, 5) is 14.3. The molecule has 0 spiro atoms. The Labute approximate surface area is 140 Å². The molecule has 0 heterocycles. The first-order valence-corrected chi connectivity index (χ1v) is 7.67. The number of halogens is 1. The summed E-state index contributed by atoms with van der Waals surface area (Å²) in [6.07, 6.45) is -0.694. The van der Waals surface area contributed by atoms with Crippen LogP contribution in [0, 0.1) is 11.3 Å². The Balaban J connectivity index is 2.15. The van der Waals surface area contributed by atoms with Gasteiger partial charge < -0.3 is 9.64 Å². The predicted octanol–water partition coefficient (Wildman–Crippen LogP) is 4.03. The van der Waals surface area contributed by atoms with Crippen LogP contribution in [0.15, 0.2) is 48.5 Å². The van der Waals surface area contributed by atoms with Crippen molar-refractivity contribution in [2.45, 2.75) is 20.0 Å². The quantitative estimate of drug-likeness (QED) is 0.832. The summed E-state index contributed by atoms with van der Waals surface area (Å²) in [6.45, 7) is 4.13. The molecular weight excluding hydrogens is 312 g/mol. The first kappa shape index (κ1) is 16.9. The van der Waals surface area contributed by atoms with Crippen molar-refractivity contribution in [1.82, 2.24) is 0 Å². The van der Waals surface area contributed by atoms with E-state index in [1.165, 1.54) is 6.07 Å². The van der Waals surface area contributed by atoms with Crippen molar-refractivity contribution in [3.8, 4) is 11.8 Å². The van der Waals surface area contributed by atoms with Crippen LogP contribution >= 0.6 is 11.6 Å². The molecule has 2 aromatic rings. The summed E-state index contributed by atoms with van der Waals surface area (Å²) in [5.41, 5.74) is 1.27. The Bertz CT molecular complexity index is 726. The number of nitriles is 1.